The molecule has 38 heavy (non-hydrogen) atoms. The van der Waals surface area contributed by atoms with Crippen LogP contribution in [0.3, 0.4) is 0 Å². The zero-order valence-electron chi connectivity index (χ0n) is 20.9. The van der Waals surface area contributed by atoms with Crippen molar-refractivity contribution in [1.29, 1.82) is 0 Å². The fourth-order valence-electron chi connectivity index (χ4n) is 3.78. The van der Waals surface area contributed by atoms with Crippen molar-refractivity contribution in [2.24, 2.45) is 0 Å². The number of halogens is 3. The van der Waals surface area contributed by atoms with E-state index in [1.54, 1.807) is 49.1 Å². The number of benzene rings is 1. The molecule has 3 heterocycles. The maximum atomic E-state index is 13.3. The second-order valence-corrected chi connectivity index (χ2v) is 10.5. The molecule has 0 radical (unpaired) electrons. The smallest absolute Gasteiger partial charge is 0.422 e. The van der Waals surface area contributed by atoms with E-state index in [-0.39, 0.29) is 55.3 Å². The molecule has 0 aliphatic carbocycles. The van der Waals surface area contributed by atoms with E-state index in [0.717, 1.165) is 5.56 Å². The number of sulfonamides is 1. The summed E-state index contributed by atoms with van der Waals surface area (Å²) in [6, 6.07) is 7.92. The number of aromatic nitrogens is 3. The van der Waals surface area contributed by atoms with Crippen LogP contribution in [0.4, 0.5) is 25.1 Å². The summed E-state index contributed by atoms with van der Waals surface area (Å²) < 4.78 is 81.7. The summed E-state index contributed by atoms with van der Waals surface area (Å²) in [4.78, 5) is 14.0. The molecule has 1 fully saturated rings. The molecule has 1 N–H and O–H groups in total. The summed E-state index contributed by atoms with van der Waals surface area (Å²) in [6.07, 6.45) is -4.58. The normalized spacial score (nSPS) is 14.9. The molecular formula is C23H27F3N6O5S. The van der Waals surface area contributed by atoms with Gasteiger partial charge in [0.05, 0.1) is 13.7 Å². The van der Waals surface area contributed by atoms with Gasteiger partial charge >= 0.3 is 12.2 Å². The number of ether oxygens (including phenoxy) is 2. The van der Waals surface area contributed by atoms with Gasteiger partial charge < -0.3 is 24.1 Å². The molecule has 1 saturated heterocycles. The first-order valence-corrected chi connectivity index (χ1v) is 13.0. The van der Waals surface area contributed by atoms with E-state index in [2.05, 4.69) is 20.3 Å². The lowest BCUT2D eigenvalue weighted by atomic mass is 10.2. The Labute approximate surface area is 217 Å². The highest BCUT2D eigenvalue weighted by atomic mass is 32.2. The van der Waals surface area contributed by atoms with Crippen molar-refractivity contribution in [3.8, 4) is 11.8 Å². The first kappa shape index (κ1) is 27.4. The monoisotopic (exact) mass is 556 g/mol. The summed E-state index contributed by atoms with van der Waals surface area (Å²) in [7, 11) is -2.45. The molecule has 15 heteroatoms. The minimum Gasteiger partial charge on any atom is -0.495 e. The highest BCUT2D eigenvalue weighted by Gasteiger charge is 2.33. The van der Waals surface area contributed by atoms with Gasteiger partial charge in [0.2, 0.25) is 21.9 Å². The molecule has 11 nitrogen and oxygen atoms in total. The molecule has 0 atom stereocenters. The van der Waals surface area contributed by atoms with E-state index >= 15 is 0 Å². The Morgan fingerprint density at radius 1 is 1.05 bits per heavy atom. The van der Waals surface area contributed by atoms with Gasteiger partial charge in [-0.3, -0.25) is 0 Å². The highest BCUT2D eigenvalue weighted by molar-refractivity contribution is 7.89. The lowest BCUT2D eigenvalue weighted by Crippen LogP contribution is -2.49. The third-order valence-corrected chi connectivity index (χ3v) is 7.56. The Morgan fingerprint density at radius 3 is 2.42 bits per heavy atom. The summed E-state index contributed by atoms with van der Waals surface area (Å²) >= 11 is 0. The SMILES string of the molecule is COc1ccc(C)cc1S(=O)(=O)N1CCN(c2nc(NCc3ccc(C)o3)nc(OCC(F)(F)F)n2)CC1. The number of nitrogens with zero attached hydrogens (tertiary/aromatic N) is 5. The Hall–Kier alpha value is -3.59. The van der Waals surface area contributed by atoms with Gasteiger partial charge in [0.25, 0.3) is 0 Å². The number of furan rings is 1. The second kappa shape index (κ2) is 11.0. The predicted molar refractivity (Wildman–Crippen MR) is 131 cm³/mol. The van der Waals surface area contributed by atoms with E-state index in [1.165, 1.54) is 11.4 Å². The molecule has 1 aliphatic heterocycles. The van der Waals surface area contributed by atoms with Crippen LogP contribution >= 0.6 is 0 Å². The lowest BCUT2D eigenvalue weighted by molar-refractivity contribution is -0.154. The second-order valence-electron chi connectivity index (χ2n) is 8.56. The maximum absolute atomic E-state index is 13.3. The van der Waals surface area contributed by atoms with Crippen molar-refractivity contribution in [3.63, 3.8) is 0 Å². The van der Waals surface area contributed by atoms with Crippen LogP contribution in [-0.4, -0.2) is 73.7 Å². The molecule has 0 bridgehead atoms. The number of hydrogen-bond donors (Lipinski definition) is 1. The van der Waals surface area contributed by atoms with Crippen LogP contribution in [0.5, 0.6) is 11.8 Å². The molecular weight excluding hydrogens is 529 g/mol. The van der Waals surface area contributed by atoms with Crippen LogP contribution < -0.4 is 19.7 Å². The standard InChI is InChI=1S/C23H27F3N6O5S/c1-15-4-7-18(35-3)19(12-15)38(33,34)32-10-8-31(9-11-32)21-28-20(27-13-17-6-5-16(2)37-17)29-22(30-21)36-14-23(24,25)26/h4-7,12H,8-11,13-14H2,1-3H3,(H,27,28,29,30). The third kappa shape index (κ3) is 6.64. The average molecular weight is 557 g/mol. The fourth-order valence-corrected chi connectivity index (χ4v) is 5.44. The van der Waals surface area contributed by atoms with Gasteiger partial charge in [-0.15, -0.1) is 0 Å². The Morgan fingerprint density at radius 2 is 1.79 bits per heavy atom. The molecule has 0 unspecified atom stereocenters. The van der Waals surface area contributed by atoms with Gasteiger partial charge in [0.15, 0.2) is 6.61 Å². The number of anilines is 2. The molecule has 0 amide bonds. The van der Waals surface area contributed by atoms with Gasteiger partial charge in [0.1, 0.15) is 22.2 Å². The Bertz CT molecular complexity index is 1370. The van der Waals surface area contributed by atoms with Gasteiger partial charge in [0, 0.05) is 26.2 Å². The van der Waals surface area contributed by atoms with E-state index in [9.17, 15) is 21.6 Å². The van der Waals surface area contributed by atoms with Crippen LogP contribution in [0.25, 0.3) is 0 Å². The zero-order chi connectivity index (χ0) is 27.5. The van der Waals surface area contributed by atoms with Crippen LogP contribution in [0.2, 0.25) is 0 Å². The van der Waals surface area contributed by atoms with Crippen LogP contribution in [-0.2, 0) is 16.6 Å². The molecule has 0 spiro atoms. The Kier molecular flexibility index (Phi) is 7.97. The number of rotatable bonds is 9. The fraction of sp³-hybridized carbons (Fsp3) is 0.435. The quantitative estimate of drug-likeness (QED) is 0.421. The zero-order valence-corrected chi connectivity index (χ0v) is 21.8. The minimum absolute atomic E-state index is 0.0132. The topological polar surface area (TPSA) is 123 Å². The van der Waals surface area contributed by atoms with Crippen molar-refractivity contribution in [1.82, 2.24) is 19.3 Å². The summed E-state index contributed by atoms with van der Waals surface area (Å²) in [5.41, 5.74) is 0.768. The van der Waals surface area contributed by atoms with Crippen molar-refractivity contribution in [2.45, 2.75) is 31.5 Å². The summed E-state index contributed by atoms with van der Waals surface area (Å²) in [5.74, 6) is 1.56. The van der Waals surface area contributed by atoms with Gasteiger partial charge in [-0.05, 0) is 43.7 Å². The van der Waals surface area contributed by atoms with Gasteiger partial charge in [-0.2, -0.15) is 32.4 Å². The molecule has 206 valence electrons. The molecule has 3 aromatic rings. The number of hydrogen-bond acceptors (Lipinski definition) is 10. The van der Waals surface area contributed by atoms with E-state index in [1.807, 2.05) is 0 Å². The molecule has 0 saturated carbocycles. The van der Waals surface area contributed by atoms with E-state index < -0.39 is 28.8 Å². The number of nitrogens with one attached hydrogen (secondary N) is 1. The van der Waals surface area contributed by atoms with Crippen molar-refractivity contribution >= 4 is 21.9 Å². The summed E-state index contributed by atoms with van der Waals surface area (Å²) in [6.45, 7) is 2.74. The first-order chi connectivity index (χ1) is 17.9. The number of aryl methyl sites for hydroxylation is 2. The molecule has 4 rings (SSSR count). The van der Waals surface area contributed by atoms with Crippen molar-refractivity contribution in [3.05, 3.63) is 47.4 Å². The van der Waals surface area contributed by atoms with Gasteiger partial charge in [-0.1, -0.05) is 6.07 Å². The number of piperazine rings is 1. The van der Waals surface area contributed by atoms with Crippen LogP contribution in [0.15, 0.2) is 39.6 Å². The predicted octanol–water partition coefficient (Wildman–Crippen LogP) is 3.15. The lowest BCUT2D eigenvalue weighted by Gasteiger charge is -2.34. The number of methoxy groups -OCH3 is 1. The van der Waals surface area contributed by atoms with E-state index in [4.69, 9.17) is 13.9 Å². The van der Waals surface area contributed by atoms with E-state index in [0.29, 0.717) is 11.5 Å². The highest BCUT2D eigenvalue weighted by Crippen LogP contribution is 2.29. The number of alkyl halides is 3. The molecule has 1 aliphatic rings. The van der Waals surface area contributed by atoms with Crippen LogP contribution in [0, 0.1) is 13.8 Å². The molecule has 2 aromatic heterocycles. The van der Waals surface area contributed by atoms with Gasteiger partial charge in [-0.25, -0.2) is 8.42 Å². The largest absolute Gasteiger partial charge is 0.495 e. The molecule has 1 aromatic carbocycles. The maximum Gasteiger partial charge on any atom is 0.422 e. The first-order valence-electron chi connectivity index (χ1n) is 11.6. The van der Waals surface area contributed by atoms with Crippen LogP contribution in [0.1, 0.15) is 17.1 Å². The third-order valence-electron chi connectivity index (χ3n) is 5.64. The minimum atomic E-state index is -4.58. The summed E-state index contributed by atoms with van der Waals surface area (Å²) in [5, 5.41) is 2.90. The average Bonchev–Trinajstić information content (AvgIpc) is 3.31. The van der Waals surface area contributed by atoms with Crippen molar-refractivity contribution < 1.29 is 35.5 Å². The Balaban J connectivity index is 1.51. The van der Waals surface area contributed by atoms with Crippen molar-refractivity contribution in [2.75, 3.05) is 50.1 Å².